The molecule has 0 aliphatic rings. The number of hydrogen-bond acceptors (Lipinski definition) is 1. The van der Waals surface area contributed by atoms with Gasteiger partial charge in [0.2, 0.25) is 0 Å². The zero-order valence-electron chi connectivity index (χ0n) is 8.27. The van der Waals surface area contributed by atoms with Crippen molar-refractivity contribution in [2.75, 3.05) is 0 Å². The minimum atomic E-state index is -0.243. The van der Waals surface area contributed by atoms with Gasteiger partial charge in [-0.05, 0) is 12.3 Å². The molecule has 0 rings (SSSR count). The van der Waals surface area contributed by atoms with Crippen molar-refractivity contribution in [3.8, 4) is 0 Å². The minimum absolute atomic E-state index is 0.208. The molecule has 0 aliphatic heterocycles. The molecule has 0 amide bonds. The van der Waals surface area contributed by atoms with Crippen LogP contribution in [0.3, 0.4) is 0 Å². The first kappa shape index (κ1) is 12.0. The van der Waals surface area contributed by atoms with Crippen LogP contribution in [0.2, 0.25) is 0 Å². The third kappa shape index (κ3) is 5.59. The second-order valence-electron chi connectivity index (χ2n) is 3.67. The zero-order valence-corrected chi connectivity index (χ0v) is 9.03. The topological polar surface area (TPSA) is 17.1 Å². The number of ketones is 1. The van der Waals surface area contributed by atoms with Gasteiger partial charge in [0, 0.05) is 6.42 Å². The second kappa shape index (κ2) is 6.47. The van der Waals surface area contributed by atoms with Crippen molar-refractivity contribution in [2.45, 2.75) is 51.8 Å². The van der Waals surface area contributed by atoms with E-state index in [2.05, 4.69) is 6.92 Å². The van der Waals surface area contributed by atoms with Crippen molar-refractivity contribution in [2.24, 2.45) is 5.92 Å². The molecule has 72 valence electrons. The van der Waals surface area contributed by atoms with Crippen molar-refractivity contribution < 1.29 is 4.79 Å². The third-order valence-corrected chi connectivity index (χ3v) is 2.23. The number of alkyl halides is 1. The van der Waals surface area contributed by atoms with Crippen LogP contribution in [0.1, 0.15) is 46.5 Å². The van der Waals surface area contributed by atoms with Gasteiger partial charge in [-0.15, -0.1) is 11.6 Å². The molecule has 0 heterocycles. The molecule has 12 heavy (non-hydrogen) atoms. The van der Waals surface area contributed by atoms with Crippen molar-refractivity contribution in [3.63, 3.8) is 0 Å². The van der Waals surface area contributed by atoms with E-state index < -0.39 is 0 Å². The fraction of sp³-hybridized carbons (Fsp3) is 0.900. The fourth-order valence-electron chi connectivity index (χ4n) is 1.07. The Hall–Kier alpha value is -0.0400. The van der Waals surface area contributed by atoms with Gasteiger partial charge in [0.1, 0.15) is 0 Å². The Morgan fingerprint density at radius 2 is 2.00 bits per heavy atom. The molecule has 0 radical (unpaired) electrons. The SMILES string of the molecule is CCCCC(Cl)C(=O)CC(C)C. The standard InChI is InChI=1S/C10H19ClO/c1-4-5-6-9(11)10(12)7-8(2)3/h8-9H,4-7H2,1-3H3. The first-order valence-electron chi connectivity index (χ1n) is 4.74. The number of Topliss-reactive ketones (excluding diaryl/α,β-unsaturated/α-hetero) is 1. The summed E-state index contributed by atoms with van der Waals surface area (Å²) in [7, 11) is 0. The first-order valence-corrected chi connectivity index (χ1v) is 5.18. The Balaban J connectivity index is 3.61. The van der Waals surface area contributed by atoms with Crippen LogP contribution in [-0.2, 0) is 4.79 Å². The Kier molecular flexibility index (Phi) is 6.45. The summed E-state index contributed by atoms with van der Waals surface area (Å²) in [5, 5.41) is -0.243. The maximum Gasteiger partial charge on any atom is 0.150 e. The van der Waals surface area contributed by atoms with Crippen molar-refractivity contribution in [1.29, 1.82) is 0 Å². The lowest BCUT2D eigenvalue weighted by atomic mass is 10.0. The number of halogens is 1. The van der Waals surface area contributed by atoms with Crippen LogP contribution in [0.15, 0.2) is 0 Å². The van der Waals surface area contributed by atoms with Gasteiger partial charge in [0.15, 0.2) is 5.78 Å². The highest BCUT2D eigenvalue weighted by atomic mass is 35.5. The Morgan fingerprint density at radius 1 is 1.42 bits per heavy atom. The van der Waals surface area contributed by atoms with Crippen LogP contribution >= 0.6 is 11.6 Å². The summed E-state index contributed by atoms with van der Waals surface area (Å²) in [6.07, 6.45) is 3.62. The number of hydrogen-bond donors (Lipinski definition) is 0. The average Bonchev–Trinajstić information content (AvgIpc) is 1.98. The summed E-state index contributed by atoms with van der Waals surface area (Å²) in [6, 6.07) is 0. The smallest absolute Gasteiger partial charge is 0.150 e. The van der Waals surface area contributed by atoms with Crippen molar-refractivity contribution in [3.05, 3.63) is 0 Å². The van der Waals surface area contributed by atoms with E-state index >= 15 is 0 Å². The summed E-state index contributed by atoms with van der Waals surface area (Å²) < 4.78 is 0. The molecule has 1 unspecified atom stereocenters. The predicted octanol–water partition coefficient (Wildman–Crippen LogP) is 3.40. The van der Waals surface area contributed by atoms with Crippen LogP contribution < -0.4 is 0 Å². The second-order valence-corrected chi connectivity index (χ2v) is 4.20. The van der Waals surface area contributed by atoms with Gasteiger partial charge in [0.25, 0.3) is 0 Å². The fourth-order valence-corrected chi connectivity index (χ4v) is 1.32. The minimum Gasteiger partial charge on any atom is -0.298 e. The summed E-state index contributed by atoms with van der Waals surface area (Å²) in [4.78, 5) is 11.3. The maximum atomic E-state index is 11.3. The lowest BCUT2D eigenvalue weighted by Gasteiger charge is -2.08. The van der Waals surface area contributed by atoms with Crippen LogP contribution in [-0.4, -0.2) is 11.2 Å². The average molecular weight is 191 g/mol. The van der Waals surface area contributed by atoms with E-state index in [-0.39, 0.29) is 11.2 Å². The molecule has 0 saturated carbocycles. The van der Waals surface area contributed by atoms with Gasteiger partial charge in [0.05, 0.1) is 5.38 Å². The quantitative estimate of drug-likeness (QED) is 0.587. The summed E-state index contributed by atoms with van der Waals surface area (Å²) >= 11 is 5.90. The largest absolute Gasteiger partial charge is 0.298 e. The zero-order chi connectivity index (χ0) is 9.56. The summed E-state index contributed by atoms with van der Waals surface area (Å²) in [5.74, 6) is 0.639. The van der Waals surface area contributed by atoms with E-state index in [0.717, 1.165) is 19.3 Å². The van der Waals surface area contributed by atoms with E-state index in [0.29, 0.717) is 12.3 Å². The van der Waals surface area contributed by atoms with Crippen molar-refractivity contribution >= 4 is 17.4 Å². The highest BCUT2D eigenvalue weighted by Crippen LogP contribution is 2.13. The Morgan fingerprint density at radius 3 is 2.42 bits per heavy atom. The van der Waals surface area contributed by atoms with Gasteiger partial charge in [-0.25, -0.2) is 0 Å². The molecule has 0 spiro atoms. The molecule has 0 aromatic rings. The summed E-state index contributed by atoms with van der Waals surface area (Å²) in [6.45, 7) is 6.19. The molecular weight excluding hydrogens is 172 g/mol. The van der Waals surface area contributed by atoms with E-state index in [1.54, 1.807) is 0 Å². The molecule has 0 N–H and O–H groups in total. The monoisotopic (exact) mass is 190 g/mol. The van der Waals surface area contributed by atoms with Gasteiger partial charge in [-0.2, -0.15) is 0 Å². The Labute approximate surface area is 80.5 Å². The van der Waals surface area contributed by atoms with Gasteiger partial charge < -0.3 is 0 Å². The predicted molar refractivity (Wildman–Crippen MR) is 53.6 cm³/mol. The molecule has 0 saturated heterocycles. The van der Waals surface area contributed by atoms with Crippen LogP contribution in [0.25, 0.3) is 0 Å². The molecule has 1 atom stereocenters. The van der Waals surface area contributed by atoms with Crippen LogP contribution in [0, 0.1) is 5.92 Å². The van der Waals surface area contributed by atoms with E-state index in [4.69, 9.17) is 11.6 Å². The van der Waals surface area contributed by atoms with Crippen LogP contribution in [0.5, 0.6) is 0 Å². The van der Waals surface area contributed by atoms with Gasteiger partial charge >= 0.3 is 0 Å². The lowest BCUT2D eigenvalue weighted by Crippen LogP contribution is -2.16. The highest BCUT2D eigenvalue weighted by molar-refractivity contribution is 6.31. The molecule has 0 fully saturated rings. The molecule has 0 bridgehead atoms. The molecule has 2 heteroatoms. The normalized spacial score (nSPS) is 13.4. The number of carbonyl (C=O) groups excluding carboxylic acids is 1. The molecule has 0 aromatic carbocycles. The maximum absolute atomic E-state index is 11.3. The lowest BCUT2D eigenvalue weighted by molar-refractivity contribution is -0.119. The number of unbranched alkanes of at least 4 members (excludes halogenated alkanes) is 1. The van der Waals surface area contributed by atoms with E-state index in [1.807, 2.05) is 13.8 Å². The number of rotatable bonds is 6. The van der Waals surface area contributed by atoms with E-state index in [1.165, 1.54) is 0 Å². The first-order chi connectivity index (χ1) is 5.57. The number of carbonyl (C=O) groups is 1. The molecular formula is C10H19ClO. The highest BCUT2D eigenvalue weighted by Gasteiger charge is 2.15. The Bertz CT molecular complexity index is 132. The summed E-state index contributed by atoms with van der Waals surface area (Å²) in [5.41, 5.74) is 0. The van der Waals surface area contributed by atoms with Crippen molar-refractivity contribution in [1.82, 2.24) is 0 Å². The molecule has 0 aromatic heterocycles. The van der Waals surface area contributed by atoms with Crippen LogP contribution in [0.4, 0.5) is 0 Å². The van der Waals surface area contributed by atoms with Gasteiger partial charge in [-0.3, -0.25) is 4.79 Å². The van der Waals surface area contributed by atoms with Gasteiger partial charge in [-0.1, -0.05) is 33.6 Å². The molecule has 0 aliphatic carbocycles. The third-order valence-electron chi connectivity index (χ3n) is 1.77. The van der Waals surface area contributed by atoms with E-state index in [9.17, 15) is 4.79 Å². The molecule has 1 nitrogen and oxygen atoms in total.